The van der Waals surface area contributed by atoms with Gasteiger partial charge in [0.05, 0.1) is 7.11 Å². The Bertz CT molecular complexity index is 1110. The molecule has 0 bridgehead atoms. The van der Waals surface area contributed by atoms with Crippen LogP contribution in [-0.4, -0.2) is 7.11 Å². The maximum Gasteiger partial charge on any atom is 0.213 e. The summed E-state index contributed by atoms with van der Waals surface area (Å²) in [4.78, 5) is 0. The molecule has 142 valence electrons. The second-order valence-electron chi connectivity index (χ2n) is 6.95. The van der Waals surface area contributed by atoms with Crippen LogP contribution in [0, 0.1) is 0 Å². The van der Waals surface area contributed by atoms with Crippen molar-refractivity contribution in [2.45, 2.75) is 0 Å². The Morgan fingerprint density at radius 2 is 1.28 bits per heavy atom. The number of aromatic nitrogens is 1. The normalized spacial score (nSPS) is 11.0. The predicted molar refractivity (Wildman–Crippen MR) is 120 cm³/mol. The predicted octanol–water partition coefficient (Wildman–Crippen LogP) is 6.02. The Kier molecular flexibility index (Phi) is 5.53. The van der Waals surface area contributed by atoms with Crippen LogP contribution in [0.1, 0.15) is 11.3 Å². The lowest BCUT2D eigenvalue weighted by molar-refractivity contribution is -0.662. The molecule has 0 aliphatic carbocycles. The minimum atomic E-state index is 0.866. The van der Waals surface area contributed by atoms with Crippen molar-refractivity contribution in [3.8, 4) is 28.1 Å². The van der Waals surface area contributed by atoms with Gasteiger partial charge in [-0.25, -0.2) is 0 Å². The van der Waals surface area contributed by atoms with Crippen molar-refractivity contribution in [1.29, 1.82) is 0 Å². The monoisotopic (exact) mass is 378 g/mol. The zero-order valence-corrected chi connectivity index (χ0v) is 16.7. The van der Waals surface area contributed by atoms with E-state index in [2.05, 4.69) is 109 Å². The van der Waals surface area contributed by atoms with E-state index in [0.29, 0.717) is 0 Å². The second-order valence-corrected chi connectivity index (χ2v) is 6.95. The van der Waals surface area contributed by atoms with Crippen molar-refractivity contribution in [1.82, 2.24) is 0 Å². The third kappa shape index (κ3) is 4.27. The number of hydrogen-bond acceptors (Lipinski definition) is 1. The van der Waals surface area contributed by atoms with E-state index in [1.807, 2.05) is 12.1 Å². The van der Waals surface area contributed by atoms with Crippen LogP contribution in [0.5, 0.6) is 5.75 Å². The van der Waals surface area contributed by atoms with Gasteiger partial charge in [0.25, 0.3) is 0 Å². The summed E-state index contributed by atoms with van der Waals surface area (Å²) in [6.07, 6.45) is 4.30. The highest BCUT2D eigenvalue weighted by molar-refractivity contribution is 5.74. The lowest BCUT2D eigenvalue weighted by Crippen LogP contribution is -2.34. The summed E-state index contributed by atoms with van der Waals surface area (Å²) in [7, 11) is 3.80. The van der Waals surface area contributed by atoms with Crippen LogP contribution in [0.25, 0.3) is 34.5 Å². The van der Waals surface area contributed by atoms with Crippen LogP contribution >= 0.6 is 0 Å². The number of ether oxygens (including phenoxy) is 1. The average molecular weight is 378 g/mol. The average Bonchev–Trinajstić information content (AvgIpc) is 2.80. The molecule has 1 aromatic heterocycles. The molecule has 0 fully saturated rings. The molecule has 0 amide bonds. The van der Waals surface area contributed by atoms with Gasteiger partial charge in [0.1, 0.15) is 12.8 Å². The van der Waals surface area contributed by atoms with Gasteiger partial charge in [-0.2, -0.15) is 4.57 Å². The molecule has 0 unspecified atom stereocenters. The lowest BCUT2D eigenvalue weighted by Gasteiger charge is -2.08. The maximum atomic E-state index is 5.25. The molecule has 0 N–H and O–H groups in total. The van der Waals surface area contributed by atoms with E-state index in [-0.39, 0.29) is 0 Å². The molecule has 2 nitrogen and oxygen atoms in total. The molecule has 2 heteroatoms. The second kappa shape index (κ2) is 8.57. The third-order valence-corrected chi connectivity index (χ3v) is 5.08. The van der Waals surface area contributed by atoms with Gasteiger partial charge in [-0.15, -0.1) is 0 Å². The quantitative estimate of drug-likeness (QED) is 0.387. The van der Waals surface area contributed by atoms with Gasteiger partial charge in [0.15, 0.2) is 0 Å². The van der Waals surface area contributed by atoms with E-state index in [1.54, 1.807) is 7.11 Å². The molecule has 0 saturated carbocycles. The lowest BCUT2D eigenvalue weighted by atomic mass is 10.0. The van der Waals surface area contributed by atoms with Crippen molar-refractivity contribution in [3.63, 3.8) is 0 Å². The van der Waals surface area contributed by atoms with E-state index >= 15 is 0 Å². The summed E-state index contributed by atoms with van der Waals surface area (Å²) < 4.78 is 7.49. The molecule has 1 heterocycles. The van der Waals surface area contributed by atoms with E-state index in [0.717, 1.165) is 17.0 Å². The molecule has 3 aromatic carbocycles. The molecule has 0 spiro atoms. The topological polar surface area (TPSA) is 13.1 Å². The first-order valence-corrected chi connectivity index (χ1v) is 9.71. The van der Waals surface area contributed by atoms with Crippen molar-refractivity contribution in [2.24, 2.45) is 7.05 Å². The van der Waals surface area contributed by atoms with Gasteiger partial charge < -0.3 is 4.74 Å². The Hall–Kier alpha value is -3.65. The molecule has 4 aromatic rings. The van der Waals surface area contributed by atoms with Crippen LogP contribution in [0.15, 0.2) is 97.1 Å². The molecule has 0 aliphatic rings. The van der Waals surface area contributed by atoms with Gasteiger partial charge in [0, 0.05) is 23.8 Å². The largest absolute Gasteiger partial charge is 0.497 e. The molecule has 0 radical (unpaired) electrons. The first-order chi connectivity index (χ1) is 14.2. The third-order valence-electron chi connectivity index (χ3n) is 5.08. The number of pyridine rings is 1. The molecule has 4 rings (SSSR count). The van der Waals surface area contributed by atoms with Crippen molar-refractivity contribution < 1.29 is 9.30 Å². The molecule has 0 saturated heterocycles. The fraction of sp³-hybridized carbons (Fsp3) is 0.0741. The summed E-state index contributed by atoms with van der Waals surface area (Å²) in [6, 6.07) is 33.6. The van der Waals surface area contributed by atoms with E-state index < -0.39 is 0 Å². The minimum Gasteiger partial charge on any atom is -0.497 e. The van der Waals surface area contributed by atoms with Gasteiger partial charge in [-0.3, -0.25) is 0 Å². The highest BCUT2D eigenvalue weighted by Crippen LogP contribution is 2.25. The minimum absolute atomic E-state index is 0.866. The van der Waals surface area contributed by atoms with Crippen molar-refractivity contribution >= 4 is 12.2 Å². The van der Waals surface area contributed by atoms with Crippen LogP contribution in [0.4, 0.5) is 0 Å². The van der Waals surface area contributed by atoms with E-state index in [9.17, 15) is 0 Å². The zero-order valence-electron chi connectivity index (χ0n) is 16.7. The molecule has 0 aliphatic heterocycles. The fourth-order valence-corrected chi connectivity index (χ4v) is 3.42. The Morgan fingerprint density at radius 3 is 1.90 bits per heavy atom. The van der Waals surface area contributed by atoms with Crippen molar-refractivity contribution in [2.75, 3.05) is 7.11 Å². The highest BCUT2D eigenvalue weighted by atomic mass is 16.5. The summed E-state index contributed by atoms with van der Waals surface area (Å²) in [5, 5.41) is 0. The number of nitrogens with zero attached hydrogens (tertiary/aromatic N) is 1. The van der Waals surface area contributed by atoms with Gasteiger partial charge >= 0.3 is 0 Å². The molecular weight excluding hydrogens is 354 g/mol. The first kappa shape index (κ1) is 18.7. The van der Waals surface area contributed by atoms with E-state index in [1.165, 1.54) is 22.4 Å². The summed E-state index contributed by atoms with van der Waals surface area (Å²) in [5.41, 5.74) is 7.08. The van der Waals surface area contributed by atoms with Gasteiger partial charge in [-0.1, -0.05) is 60.7 Å². The van der Waals surface area contributed by atoms with Gasteiger partial charge in [0.2, 0.25) is 11.4 Å². The standard InChI is InChI=1S/C27H24NO/c1-28-25(16-13-21-14-17-26(29-2)18-15-21)19-24(22-9-5-3-6-10-22)20-27(28)23-11-7-4-8-12-23/h3-20H,1-2H3/q+1. The van der Waals surface area contributed by atoms with Gasteiger partial charge in [-0.05, 0) is 47.0 Å². The Labute approximate surface area is 172 Å². The Balaban J connectivity index is 1.80. The number of methoxy groups -OCH3 is 1. The fourth-order valence-electron chi connectivity index (χ4n) is 3.42. The maximum absolute atomic E-state index is 5.25. The van der Waals surface area contributed by atoms with Crippen LogP contribution in [-0.2, 0) is 7.05 Å². The number of benzene rings is 3. The summed E-state index contributed by atoms with van der Waals surface area (Å²) in [6.45, 7) is 0. The summed E-state index contributed by atoms with van der Waals surface area (Å²) in [5.74, 6) is 0.866. The smallest absolute Gasteiger partial charge is 0.213 e. The van der Waals surface area contributed by atoms with Crippen LogP contribution in [0.2, 0.25) is 0 Å². The summed E-state index contributed by atoms with van der Waals surface area (Å²) >= 11 is 0. The van der Waals surface area contributed by atoms with Crippen LogP contribution < -0.4 is 9.30 Å². The SMILES string of the molecule is COc1ccc(C=Cc2cc(-c3ccccc3)cc(-c3ccccc3)[n+]2C)cc1. The molecule has 0 atom stereocenters. The highest BCUT2D eigenvalue weighted by Gasteiger charge is 2.16. The number of hydrogen-bond donors (Lipinski definition) is 0. The molecule has 29 heavy (non-hydrogen) atoms. The van der Waals surface area contributed by atoms with Crippen molar-refractivity contribution in [3.05, 3.63) is 108 Å². The zero-order chi connectivity index (χ0) is 20.1. The number of rotatable bonds is 5. The van der Waals surface area contributed by atoms with E-state index in [4.69, 9.17) is 4.74 Å². The first-order valence-electron chi connectivity index (χ1n) is 9.71. The Morgan fingerprint density at radius 1 is 0.655 bits per heavy atom. The molecular formula is C27H24NO+. The van der Waals surface area contributed by atoms with Crippen LogP contribution in [0.3, 0.4) is 0 Å².